The Kier molecular flexibility index (Phi) is 8.74. The maximum absolute atomic E-state index is 8.52. The van der Waals surface area contributed by atoms with Crippen molar-refractivity contribution in [1.82, 2.24) is 4.98 Å². The smallest absolute Gasteiger partial charge is 0.0311 e. The molecule has 16 heavy (non-hydrogen) atoms. The van der Waals surface area contributed by atoms with Crippen molar-refractivity contribution in [2.75, 3.05) is 0 Å². The average Bonchev–Trinajstić information content (AvgIpc) is 2.01. The van der Waals surface area contributed by atoms with Gasteiger partial charge in [-0.1, -0.05) is 6.07 Å². The molecule has 1 aromatic heterocycles. The van der Waals surface area contributed by atoms with Crippen molar-refractivity contribution in [3.05, 3.63) is 30.6 Å². The van der Waals surface area contributed by atoms with E-state index in [1.807, 2.05) is 18.2 Å². The Hall–Kier alpha value is -1.11. The van der Waals surface area contributed by atoms with Crippen LogP contribution in [0.3, 0.4) is 0 Å². The van der Waals surface area contributed by atoms with Crippen LogP contribution in [0.2, 0.25) is 0 Å². The molecule has 94 valence electrons. The lowest BCUT2D eigenvalue weighted by Gasteiger charge is -2.06. The summed E-state index contributed by atoms with van der Waals surface area (Å²) in [6.07, 6.45) is 3.50. The van der Waals surface area contributed by atoms with Crippen LogP contribution in [-0.4, -0.2) is 40.0 Å². The van der Waals surface area contributed by atoms with Crippen molar-refractivity contribution in [3.63, 3.8) is 0 Å². The third-order valence-electron chi connectivity index (χ3n) is 0.566. The molecule has 9 nitrogen and oxygen atoms in total. The number of aromatic nitrogens is 1. The highest BCUT2D eigenvalue weighted by atomic mass is 32.3. The SMILES string of the molecule is O=S(=O)([O-])[O-].O=S(=O)([O-])[O-].c1ccncc1. The first-order valence-electron chi connectivity index (χ1n) is 3.18. The lowest BCUT2D eigenvalue weighted by molar-refractivity contribution is 0.350. The third kappa shape index (κ3) is 76.2. The summed E-state index contributed by atoms with van der Waals surface area (Å²) < 4.78 is 68.2. The van der Waals surface area contributed by atoms with Crippen LogP contribution < -0.4 is 0 Å². The van der Waals surface area contributed by atoms with Crippen molar-refractivity contribution in [1.29, 1.82) is 0 Å². The molecule has 0 aromatic carbocycles. The maximum atomic E-state index is 8.52. The zero-order chi connectivity index (χ0) is 13.2. The van der Waals surface area contributed by atoms with Crippen molar-refractivity contribution in [2.45, 2.75) is 0 Å². The molecule has 0 saturated carbocycles. The first-order valence-corrected chi connectivity index (χ1v) is 5.85. The summed E-state index contributed by atoms with van der Waals surface area (Å²) >= 11 is 0. The van der Waals surface area contributed by atoms with Gasteiger partial charge in [-0.2, -0.15) is 0 Å². The molecule has 0 aliphatic rings. The van der Waals surface area contributed by atoms with Crippen LogP contribution in [0.25, 0.3) is 0 Å². The van der Waals surface area contributed by atoms with Gasteiger partial charge in [0.2, 0.25) is 0 Å². The zero-order valence-electron chi connectivity index (χ0n) is 7.42. The molecular weight excluding hydrogens is 266 g/mol. The molecule has 0 N–H and O–H groups in total. The number of nitrogens with zero attached hydrogens (tertiary/aromatic N) is 1. The van der Waals surface area contributed by atoms with E-state index >= 15 is 0 Å². The fourth-order valence-corrected chi connectivity index (χ4v) is 0.313. The molecule has 0 spiro atoms. The minimum absolute atomic E-state index is 1.75. The van der Waals surface area contributed by atoms with Gasteiger partial charge in [0.25, 0.3) is 0 Å². The quantitative estimate of drug-likeness (QED) is 0.397. The van der Waals surface area contributed by atoms with Crippen molar-refractivity contribution < 1.29 is 35.0 Å². The van der Waals surface area contributed by atoms with E-state index in [0.29, 0.717) is 0 Å². The second-order valence-electron chi connectivity index (χ2n) is 1.84. The molecule has 0 amide bonds. The second kappa shape index (κ2) is 8.09. The van der Waals surface area contributed by atoms with E-state index in [2.05, 4.69) is 4.98 Å². The van der Waals surface area contributed by atoms with Gasteiger partial charge in [0.15, 0.2) is 0 Å². The van der Waals surface area contributed by atoms with E-state index in [0.717, 1.165) is 0 Å². The maximum Gasteiger partial charge on any atom is 0.0311 e. The van der Waals surface area contributed by atoms with Crippen LogP contribution in [0.5, 0.6) is 0 Å². The van der Waals surface area contributed by atoms with Crippen LogP contribution in [0.1, 0.15) is 0 Å². The predicted octanol–water partition coefficient (Wildman–Crippen LogP) is -1.59. The van der Waals surface area contributed by atoms with E-state index in [-0.39, 0.29) is 0 Å². The standard InChI is InChI=1S/C5H5N.2H2O4S/c1-2-4-6-5-3-1;2*1-5(2,3)4/h1-5H;2*(H2,1,2,3,4)/p-4. The fraction of sp³-hybridized carbons (Fsp3) is 0. The first-order chi connectivity index (χ1) is 7.00. The highest BCUT2D eigenvalue weighted by molar-refractivity contribution is 7.79. The van der Waals surface area contributed by atoms with Gasteiger partial charge in [-0.15, -0.1) is 0 Å². The van der Waals surface area contributed by atoms with Gasteiger partial charge in [0.05, 0.1) is 0 Å². The second-order valence-corrected chi connectivity index (χ2v) is 3.47. The Bertz CT molecular complexity index is 380. The molecule has 0 unspecified atom stereocenters. The summed E-state index contributed by atoms with van der Waals surface area (Å²) in [6.45, 7) is 0. The Balaban J connectivity index is 0. The molecule has 0 bridgehead atoms. The van der Waals surface area contributed by atoms with Crippen LogP contribution in [0.4, 0.5) is 0 Å². The molecule has 1 aromatic rings. The molecule has 0 atom stereocenters. The van der Waals surface area contributed by atoms with Crippen LogP contribution in [0.15, 0.2) is 30.6 Å². The fourth-order valence-electron chi connectivity index (χ4n) is 0.313. The van der Waals surface area contributed by atoms with Gasteiger partial charge in [0.1, 0.15) is 0 Å². The molecule has 0 fully saturated rings. The lowest BCUT2D eigenvalue weighted by Crippen LogP contribution is -1.91. The Morgan fingerprint density at radius 2 is 0.938 bits per heavy atom. The first kappa shape index (κ1) is 17.3. The van der Waals surface area contributed by atoms with Crippen molar-refractivity contribution in [2.24, 2.45) is 0 Å². The van der Waals surface area contributed by atoms with Crippen LogP contribution in [0, 0.1) is 0 Å². The average molecular weight is 271 g/mol. The van der Waals surface area contributed by atoms with Crippen molar-refractivity contribution >= 4 is 20.8 Å². The lowest BCUT2D eigenvalue weighted by atomic mass is 10.5. The Labute approximate surface area is 91.9 Å². The third-order valence-corrected chi connectivity index (χ3v) is 0.566. The number of hydrogen-bond acceptors (Lipinski definition) is 9. The van der Waals surface area contributed by atoms with E-state index in [1.165, 1.54) is 0 Å². The van der Waals surface area contributed by atoms with Gasteiger partial charge < -0.3 is 18.2 Å². The summed E-state index contributed by atoms with van der Waals surface area (Å²) in [7, 11) is -10.3. The van der Waals surface area contributed by atoms with E-state index in [4.69, 9.17) is 35.0 Å². The van der Waals surface area contributed by atoms with E-state index in [1.54, 1.807) is 12.4 Å². The van der Waals surface area contributed by atoms with Crippen molar-refractivity contribution in [3.8, 4) is 0 Å². The molecule has 0 aliphatic heterocycles. The Morgan fingerprint density at radius 1 is 0.688 bits per heavy atom. The van der Waals surface area contributed by atoms with Crippen LogP contribution in [-0.2, 0) is 20.8 Å². The van der Waals surface area contributed by atoms with Gasteiger partial charge in [-0.05, 0) is 12.1 Å². The topological polar surface area (TPSA) is 173 Å². The van der Waals surface area contributed by atoms with Gasteiger partial charge in [0, 0.05) is 33.2 Å². The summed E-state index contributed by atoms with van der Waals surface area (Å²) in [5.41, 5.74) is 0. The summed E-state index contributed by atoms with van der Waals surface area (Å²) in [6, 6.07) is 5.72. The van der Waals surface area contributed by atoms with E-state index < -0.39 is 20.8 Å². The number of pyridine rings is 1. The minimum atomic E-state index is -5.17. The largest absolute Gasteiger partial charge is 0.759 e. The zero-order valence-corrected chi connectivity index (χ0v) is 9.05. The molecule has 0 aliphatic carbocycles. The monoisotopic (exact) mass is 271 g/mol. The molecule has 1 rings (SSSR count). The van der Waals surface area contributed by atoms with Crippen LogP contribution >= 0.6 is 0 Å². The number of hydrogen-bond donors (Lipinski definition) is 0. The highest BCUT2D eigenvalue weighted by Gasteiger charge is 1.58. The van der Waals surface area contributed by atoms with Gasteiger partial charge >= 0.3 is 0 Å². The summed E-state index contributed by atoms with van der Waals surface area (Å²) in [5, 5.41) is 0. The minimum Gasteiger partial charge on any atom is -0.759 e. The van der Waals surface area contributed by atoms with E-state index in [9.17, 15) is 0 Å². The number of rotatable bonds is 0. The molecule has 1 heterocycles. The predicted molar refractivity (Wildman–Crippen MR) is 45.2 cm³/mol. The molecule has 0 saturated heterocycles. The highest BCUT2D eigenvalue weighted by Crippen LogP contribution is 1.73. The van der Waals surface area contributed by atoms with Gasteiger partial charge in [-0.25, -0.2) is 0 Å². The molecule has 11 heteroatoms. The van der Waals surface area contributed by atoms with Gasteiger partial charge in [-0.3, -0.25) is 21.8 Å². The molecule has 0 radical (unpaired) electrons. The summed E-state index contributed by atoms with van der Waals surface area (Å²) in [5.74, 6) is 0. The Morgan fingerprint density at radius 3 is 1.00 bits per heavy atom. The molecular formula is C5H5NO8S2-4. The summed E-state index contributed by atoms with van der Waals surface area (Å²) in [4.78, 5) is 3.78. The normalized spacial score (nSPS) is 10.2.